The molecule has 0 fully saturated rings. The molecule has 0 bridgehead atoms. The zero-order chi connectivity index (χ0) is 21.6. The Balaban J connectivity index is 1.68. The molecule has 2 N–H and O–H groups in total. The average molecular weight is 426 g/mol. The Kier molecular flexibility index (Phi) is 6.58. The minimum absolute atomic E-state index is 0.0794. The van der Waals surface area contributed by atoms with Crippen LogP contribution in [0.4, 0.5) is 11.4 Å². The van der Waals surface area contributed by atoms with Gasteiger partial charge in [-0.1, -0.05) is 6.07 Å². The lowest BCUT2D eigenvalue weighted by molar-refractivity contribution is 0.102. The molecule has 0 saturated heterocycles. The fourth-order valence-corrected chi connectivity index (χ4v) is 3.74. The van der Waals surface area contributed by atoms with Crippen molar-refractivity contribution >= 4 is 27.3 Å². The first-order valence-electron chi connectivity index (χ1n) is 9.22. The first-order chi connectivity index (χ1) is 14.4. The van der Waals surface area contributed by atoms with E-state index in [9.17, 15) is 13.2 Å². The quantitative estimate of drug-likeness (QED) is 0.564. The summed E-state index contributed by atoms with van der Waals surface area (Å²) in [6.45, 7) is 2.41. The largest absolute Gasteiger partial charge is 0.497 e. The lowest BCUT2D eigenvalue weighted by Crippen LogP contribution is -2.14. The summed E-state index contributed by atoms with van der Waals surface area (Å²) in [5.74, 6) is 0.915. The second-order valence-electron chi connectivity index (χ2n) is 6.27. The average Bonchev–Trinajstić information content (AvgIpc) is 2.75. The van der Waals surface area contributed by atoms with E-state index in [4.69, 9.17) is 9.47 Å². The lowest BCUT2D eigenvalue weighted by atomic mass is 10.2. The van der Waals surface area contributed by atoms with Gasteiger partial charge in [-0.05, 0) is 73.7 Å². The summed E-state index contributed by atoms with van der Waals surface area (Å²) in [6.07, 6.45) is 0. The van der Waals surface area contributed by atoms with Crippen LogP contribution in [0.5, 0.6) is 11.5 Å². The van der Waals surface area contributed by atoms with Gasteiger partial charge in [0, 0.05) is 16.9 Å². The van der Waals surface area contributed by atoms with Crippen molar-refractivity contribution < 1.29 is 22.7 Å². The van der Waals surface area contributed by atoms with Gasteiger partial charge < -0.3 is 14.8 Å². The molecule has 0 saturated carbocycles. The molecule has 1 amide bonds. The molecular weight excluding hydrogens is 404 g/mol. The minimum atomic E-state index is -3.76. The molecule has 7 nitrogen and oxygen atoms in total. The summed E-state index contributed by atoms with van der Waals surface area (Å²) < 4.78 is 38.2. The van der Waals surface area contributed by atoms with E-state index >= 15 is 0 Å². The highest BCUT2D eigenvalue weighted by Gasteiger charge is 2.15. The van der Waals surface area contributed by atoms with Gasteiger partial charge >= 0.3 is 0 Å². The molecule has 3 aromatic carbocycles. The number of methoxy groups -OCH3 is 1. The van der Waals surface area contributed by atoms with Crippen LogP contribution in [0, 0.1) is 0 Å². The van der Waals surface area contributed by atoms with Crippen LogP contribution in [-0.4, -0.2) is 28.0 Å². The second kappa shape index (κ2) is 9.32. The summed E-state index contributed by atoms with van der Waals surface area (Å²) >= 11 is 0. The Labute approximate surface area is 175 Å². The zero-order valence-electron chi connectivity index (χ0n) is 16.6. The minimum Gasteiger partial charge on any atom is -0.497 e. The van der Waals surface area contributed by atoms with Gasteiger partial charge in [0.1, 0.15) is 11.5 Å². The third kappa shape index (κ3) is 5.30. The summed E-state index contributed by atoms with van der Waals surface area (Å²) in [4.78, 5) is 12.5. The SMILES string of the molecule is CCOc1ccc(NS(=O)(=O)c2ccc(NC(=O)c3cccc(OC)c3)cc2)cc1. The summed E-state index contributed by atoms with van der Waals surface area (Å²) in [6, 6.07) is 19.3. The third-order valence-electron chi connectivity index (χ3n) is 4.17. The van der Waals surface area contributed by atoms with Crippen molar-refractivity contribution in [2.24, 2.45) is 0 Å². The van der Waals surface area contributed by atoms with Crippen molar-refractivity contribution in [2.45, 2.75) is 11.8 Å². The van der Waals surface area contributed by atoms with Crippen molar-refractivity contribution in [1.82, 2.24) is 0 Å². The van der Waals surface area contributed by atoms with Crippen LogP contribution in [0.2, 0.25) is 0 Å². The van der Waals surface area contributed by atoms with E-state index in [-0.39, 0.29) is 10.8 Å². The van der Waals surface area contributed by atoms with Crippen LogP contribution in [0.1, 0.15) is 17.3 Å². The second-order valence-corrected chi connectivity index (χ2v) is 7.96. The number of ether oxygens (including phenoxy) is 2. The third-order valence-corrected chi connectivity index (χ3v) is 5.57. The van der Waals surface area contributed by atoms with Crippen LogP contribution < -0.4 is 19.5 Å². The smallest absolute Gasteiger partial charge is 0.261 e. The van der Waals surface area contributed by atoms with Crippen molar-refractivity contribution in [3.05, 3.63) is 78.4 Å². The zero-order valence-corrected chi connectivity index (χ0v) is 17.4. The number of benzene rings is 3. The van der Waals surface area contributed by atoms with E-state index in [0.29, 0.717) is 35.0 Å². The lowest BCUT2D eigenvalue weighted by Gasteiger charge is -2.10. The van der Waals surface area contributed by atoms with Crippen molar-refractivity contribution in [1.29, 1.82) is 0 Å². The highest BCUT2D eigenvalue weighted by molar-refractivity contribution is 7.92. The Morgan fingerprint density at radius 3 is 2.20 bits per heavy atom. The van der Waals surface area contributed by atoms with Gasteiger partial charge in [0.25, 0.3) is 15.9 Å². The predicted molar refractivity (Wildman–Crippen MR) is 116 cm³/mol. The number of hydrogen-bond donors (Lipinski definition) is 2. The molecule has 0 spiro atoms. The summed E-state index contributed by atoms with van der Waals surface area (Å²) in [5, 5.41) is 2.73. The molecule has 3 aromatic rings. The number of carbonyl (C=O) groups is 1. The maximum absolute atomic E-state index is 12.6. The maximum Gasteiger partial charge on any atom is 0.261 e. The molecule has 156 valence electrons. The van der Waals surface area contributed by atoms with E-state index in [1.165, 1.54) is 31.4 Å². The number of hydrogen-bond acceptors (Lipinski definition) is 5. The number of nitrogens with one attached hydrogen (secondary N) is 2. The molecule has 3 rings (SSSR count). The Morgan fingerprint density at radius 2 is 1.57 bits per heavy atom. The molecule has 0 unspecified atom stereocenters. The highest BCUT2D eigenvalue weighted by Crippen LogP contribution is 2.21. The molecule has 0 heterocycles. The van der Waals surface area contributed by atoms with Gasteiger partial charge in [-0.3, -0.25) is 9.52 Å². The van der Waals surface area contributed by atoms with E-state index in [1.807, 2.05) is 6.92 Å². The van der Waals surface area contributed by atoms with Crippen LogP contribution >= 0.6 is 0 Å². The van der Waals surface area contributed by atoms with Gasteiger partial charge in [-0.25, -0.2) is 8.42 Å². The van der Waals surface area contributed by atoms with E-state index < -0.39 is 10.0 Å². The normalized spacial score (nSPS) is 10.9. The van der Waals surface area contributed by atoms with Gasteiger partial charge in [0.15, 0.2) is 0 Å². The number of carbonyl (C=O) groups excluding carboxylic acids is 1. The molecule has 0 aliphatic rings. The van der Waals surface area contributed by atoms with Crippen LogP contribution in [-0.2, 0) is 10.0 Å². The van der Waals surface area contributed by atoms with Gasteiger partial charge in [-0.15, -0.1) is 0 Å². The summed E-state index contributed by atoms with van der Waals surface area (Å²) in [7, 11) is -2.24. The van der Waals surface area contributed by atoms with Gasteiger partial charge in [0.05, 0.1) is 18.6 Å². The van der Waals surface area contributed by atoms with Gasteiger partial charge in [0.2, 0.25) is 0 Å². The predicted octanol–water partition coefficient (Wildman–Crippen LogP) is 4.15. The van der Waals surface area contributed by atoms with Gasteiger partial charge in [-0.2, -0.15) is 0 Å². The maximum atomic E-state index is 12.6. The number of amides is 1. The molecule has 0 radical (unpaired) electrons. The van der Waals surface area contributed by atoms with E-state index in [1.54, 1.807) is 48.5 Å². The van der Waals surface area contributed by atoms with Crippen molar-refractivity contribution in [3.8, 4) is 11.5 Å². The fraction of sp³-hybridized carbons (Fsp3) is 0.136. The number of sulfonamides is 1. The Morgan fingerprint density at radius 1 is 0.900 bits per heavy atom. The van der Waals surface area contributed by atoms with Crippen LogP contribution in [0.25, 0.3) is 0 Å². The van der Waals surface area contributed by atoms with E-state index in [0.717, 1.165) is 0 Å². The first-order valence-corrected chi connectivity index (χ1v) is 10.7. The molecule has 0 atom stereocenters. The summed E-state index contributed by atoms with van der Waals surface area (Å²) in [5.41, 5.74) is 1.33. The molecule has 30 heavy (non-hydrogen) atoms. The topological polar surface area (TPSA) is 93.7 Å². The van der Waals surface area contributed by atoms with Crippen LogP contribution in [0.3, 0.4) is 0 Å². The molecule has 0 aliphatic heterocycles. The Hall–Kier alpha value is -3.52. The van der Waals surface area contributed by atoms with E-state index in [2.05, 4.69) is 10.0 Å². The van der Waals surface area contributed by atoms with Crippen LogP contribution in [0.15, 0.2) is 77.7 Å². The number of anilines is 2. The molecule has 8 heteroatoms. The monoisotopic (exact) mass is 426 g/mol. The molecule has 0 aromatic heterocycles. The first kappa shape index (κ1) is 21.2. The molecular formula is C22H22N2O5S. The highest BCUT2D eigenvalue weighted by atomic mass is 32.2. The fourth-order valence-electron chi connectivity index (χ4n) is 2.68. The Bertz CT molecular complexity index is 1110. The van der Waals surface area contributed by atoms with Crippen molar-refractivity contribution in [2.75, 3.05) is 23.8 Å². The molecule has 0 aliphatic carbocycles. The number of rotatable bonds is 8. The standard InChI is InChI=1S/C22H22N2O5S/c1-3-29-19-11-7-18(8-12-19)24-30(26,27)21-13-9-17(10-14-21)23-22(25)16-5-4-6-20(15-16)28-2/h4-15,24H,3H2,1-2H3,(H,23,25). The van der Waals surface area contributed by atoms with Crippen molar-refractivity contribution in [3.63, 3.8) is 0 Å².